The molecule has 1 atom stereocenters. The van der Waals surface area contributed by atoms with Crippen molar-refractivity contribution in [1.82, 2.24) is 0 Å². The summed E-state index contributed by atoms with van der Waals surface area (Å²) in [6.45, 7) is 2.07. The van der Waals surface area contributed by atoms with Crippen molar-refractivity contribution in [2.45, 2.75) is 25.9 Å². The van der Waals surface area contributed by atoms with E-state index in [2.05, 4.69) is 31.2 Å². The number of hydrogen-bond donors (Lipinski definition) is 1. The summed E-state index contributed by atoms with van der Waals surface area (Å²) >= 11 is 5.96. The quantitative estimate of drug-likeness (QED) is 0.730. The van der Waals surface area contributed by atoms with Crippen LogP contribution in [-0.4, -0.2) is 5.11 Å². The van der Waals surface area contributed by atoms with Crippen LogP contribution in [0.3, 0.4) is 0 Å². The lowest BCUT2D eigenvalue weighted by Gasteiger charge is -2.07. The van der Waals surface area contributed by atoms with Crippen molar-refractivity contribution in [3.63, 3.8) is 0 Å². The Morgan fingerprint density at radius 3 is 2.62 bits per heavy atom. The second kappa shape index (κ2) is 5.92. The summed E-state index contributed by atoms with van der Waals surface area (Å²) in [7, 11) is 0. The van der Waals surface area contributed by atoms with E-state index in [9.17, 15) is 5.11 Å². The molecule has 0 aliphatic heterocycles. The molecular weight excluding hydrogens is 284 g/mol. The summed E-state index contributed by atoms with van der Waals surface area (Å²) in [6.07, 6.45) is 0.855. The summed E-state index contributed by atoms with van der Waals surface area (Å²) in [6, 6.07) is 15.7. The number of benzene rings is 2. The van der Waals surface area contributed by atoms with Crippen molar-refractivity contribution in [3.05, 3.63) is 70.4 Å². The molecule has 108 valence electrons. The van der Waals surface area contributed by atoms with E-state index in [0.29, 0.717) is 17.2 Å². The third-order valence-corrected chi connectivity index (χ3v) is 3.89. The van der Waals surface area contributed by atoms with Crippen LogP contribution >= 0.6 is 11.6 Å². The van der Waals surface area contributed by atoms with Gasteiger partial charge < -0.3 is 9.52 Å². The molecule has 3 rings (SSSR count). The fraction of sp³-hybridized carbons (Fsp3) is 0.222. The lowest BCUT2D eigenvalue weighted by molar-refractivity contribution is 0.143. The van der Waals surface area contributed by atoms with E-state index in [1.807, 2.05) is 18.2 Å². The molecule has 0 fully saturated rings. The number of aliphatic hydroxyl groups is 1. The number of hydrogen-bond acceptors (Lipinski definition) is 2. The Morgan fingerprint density at radius 1 is 1.10 bits per heavy atom. The van der Waals surface area contributed by atoms with E-state index in [1.54, 1.807) is 6.07 Å². The third kappa shape index (κ3) is 3.29. The molecule has 3 aromatic rings. The zero-order valence-electron chi connectivity index (χ0n) is 11.8. The monoisotopic (exact) mass is 300 g/mol. The van der Waals surface area contributed by atoms with Crippen molar-refractivity contribution in [2.24, 2.45) is 0 Å². The van der Waals surface area contributed by atoms with Gasteiger partial charge in [0.1, 0.15) is 17.4 Å². The van der Waals surface area contributed by atoms with Gasteiger partial charge in [-0.1, -0.05) is 41.4 Å². The summed E-state index contributed by atoms with van der Waals surface area (Å²) in [4.78, 5) is 0. The van der Waals surface area contributed by atoms with Crippen LogP contribution < -0.4 is 0 Å². The zero-order chi connectivity index (χ0) is 14.8. The van der Waals surface area contributed by atoms with Crippen molar-refractivity contribution in [3.8, 4) is 0 Å². The minimum atomic E-state index is -0.600. The highest BCUT2D eigenvalue weighted by Crippen LogP contribution is 2.28. The normalized spacial score (nSPS) is 12.7. The second-order valence-corrected chi connectivity index (χ2v) is 5.81. The average Bonchev–Trinajstić information content (AvgIpc) is 2.89. The first-order chi connectivity index (χ1) is 10.1. The molecule has 1 aromatic heterocycles. The van der Waals surface area contributed by atoms with Crippen LogP contribution in [0, 0.1) is 6.92 Å². The summed E-state index contributed by atoms with van der Waals surface area (Å²) < 4.78 is 5.68. The lowest BCUT2D eigenvalue weighted by Crippen LogP contribution is -1.98. The molecule has 0 bridgehead atoms. The van der Waals surface area contributed by atoms with Crippen molar-refractivity contribution < 1.29 is 9.52 Å². The van der Waals surface area contributed by atoms with Gasteiger partial charge in [-0.25, -0.2) is 0 Å². The maximum Gasteiger partial charge on any atom is 0.134 e. The number of rotatable bonds is 4. The van der Waals surface area contributed by atoms with Gasteiger partial charge in [-0.15, -0.1) is 0 Å². The molecule has 3 heteroatoms. The minimum Gasteiger partial charge on any atom is -0.458 e. The molecule has 21 heavy (non-hydrogen) atoms. The van der Waals surface area contributed by atoms with E-state index in [1.165, 1.54) is 11.1 Å². The van der Waals surface area contributed by atoms with Gasteiger partial charge in [0.05, 0.1) is 0 Å². The van der Waals surface area contributed by atoms with Crippen LogP contribution in [-0.2, 0) is 6.42 Å². The van der Waals surface area contributed by atoms with E-state index in [4.69, 9.17) is 16.0 Å². The van der Waals surface area contributed by atoms with E-state index in [-0.39, 0.29) is 0 Å². The summed E-state index contributed by atoms with van der Waals surface area (Å²) in [5.74, 6) is 0.597. The number of fused-ring (bicyclic) bond motifs is 1. The first-order valence-electron chi connectivity index (χ1n) is 7.04. The van der Waals surface area contributed by atoms with Crippen LogP contribution in [0.15, 0.2) is 52.9 Å². The first-order valence-corrected chi connectivity index (χ1v) is 7.42. The maximum atomic E-state index is 10.3. The van der Waals surface area contributed by atoms with Gasteiger partial charge in [0.15, 0.2) is 0 Å². The van der Waals surface area contributed by atoms with E-state index in [0.717, 1.165) is 17.4 Å². The topological polar surface area (TPSA) is 33.4 Å². The van der Waals surface area contributed by atoms with Gasteiger partial charge in [0.2, 0.25) is 0 Å². The Balaban J connectivity index is 1.71. The molecule has 1 unspecified atom stereocenters. The highest BCUT2D eigenvalue weighted by Gasteiger charge is 2.13. The largest absolute Gasteiger partial charge is 0.458 e. The molecule has 0 spiro atoms. The SMILES string of the molecule is Cc1ccc(CCC(O)c2cc3cc(Cl)ccc3o2)cc1. The lowest BCUT2D eigenvalue weighted by atomic mass is 10.0. The van der Waals surface area contributed by atoms with Crippen molar-refractivity contribution in [1.29, 1.82) is 0 Å². The molecule has 2 aromatic carbocycles. The number of furan rings is 1. The first kappa shape index (κ1) is 14.2. The molecule has 0 amide bonds. The molecule has 1 N–H and O–H groups in total. The van der Waals surface area contributed by atoms with Crippen LogP contribution in [0.1, 0.15) is 29.4 Å². The van der Waals surface area contributed by atoms with Gasteiger partial charge >= 0.3 is 0 Å². The Kier molecular flexibility index (Phi) is 4.00. The molecule has 1 heterocycles. The second-order valence-electron chi connectivity index (χ2n) is 5.37. The predicted molar refractivity (Wildman–Crippen MR) is 85.7 cm³/mol. The summed E-state index contributed by atoms with van der Waals surface area (Å²) in [5.41, 5.74) is 3.22. The van der Waals surface area contributed by atoms with Crippen LogP contribution in [0.5, 0.6) is 0 Å². The molecule has 0 aliphatic carbocycles. The van der Waals surface area contributed by atoms with Gasteiger partial charge in [0.25, 0.3) is 0 Å². The smallest absolute Gasteiger partial charge is 0.134 e. The fourth-order valence-electron chi connectivity index (χ4n) is 2.40. The van der Waals surface area contributed by atoms with Crippen LogP contribution in [0.2, 0.25) is 5.02 Å². The molecule has 0 radical (unpaired) electrons. The molecular formula is C18H17ClO2. The third-order valence-electron chi connectivity index (χ3n) is 3.65. The Hall–Kier alpha value is -1.77. The fourth-order valence-corrected chi connectivity index (χ4v) is 2.58. The highest BCUT2D eigenvalue weighted by atomic mass is 35.5. The minimum absolute atomic E-state index is 0.597. The van der Waals surface area contributed by atoms with Gasteiger partial charge in [-0.2, -0.15) is 0 Å². The highest BCUT2D eigenvalue weighted by molar-refractivity contribution is 6.31. The van der Waals surface area contributed by atoms with Gasteiger partial charge in [-0.3, -0.25) is 0 Å². The molecule has 0 saturated carbocycles. The Bertz CT molecular complexity index is 744. The van der Waals surface area contributed by atoms with Gasteiger partial charge in [0, 0.05) is 10.4 Å². The van der Waals surface area contributed by atoms with Gasteiger partial charge in [-0.05, 0) is 49.6 Å². The zero-order valence-corrected chi connectivity index (χ0v) is 12.6. The van der Waals surface area contributed by atoms with Crippen LogP contribution in [0.4, 0.5) is 0 Å². The van der Waals surface area contributed by atoms with Crippen molar-refractivity contribution >= 4 is 22.6 Å². The molecule has 0 saturated heterocycles. The number of halogens is 1. The molecule has 2 nitrogen and oxygen atoms in total. The van der Waals surface area contributed by atoms with E-state index >= 15 is 0 Å². The van der Waals surface area contributed by atoms with E-state index < -0.39 is 6.10 Å². The van der Waals surface area contributed by atoms with Crippen LogP contribution in [0.25, 0.3) is 11.0 Å². The Morgan fingerprint density at radius 2 is 1.86 bits per heavy atom. The predicted octanol–water partition coefficient (Wildman–Crippen LogP) is 5.06. The van der Waals surface area contributed by atoms with Crippen molar-refractivity contribution in [2.75, 3.05) is 0 Å². The maximum absolute atomic E-state index is 10.3. The Labute approximate surface area is 129 Å². The summed E-state index contributed by atoms with van der Waals surface area (Å²) in [5, 5.41) is 11.9. The molecule has 0 aliphatic rings. The average molecular weight is 301 g/mol. The number of aliphatic hydroxyl groups excluding tert-OH is 1. The number of aryl methyl sites for hydroxylation is 2. The standard InChI is InChI=1S/C18H17ClO2/c1-12-2-4-13(5-3-12)6-8-16(20)18-11-14-10-15(19)7-9-17(14)21-18/h2-5,7,9-11,16,20H,6,8H2,1H3.